The molecule has 0 fully saturated rings. The lowest BCUT2D eigenvalue weighted by molar-refractivity contribution is -0.297. The van der Waals surface area contributed by atoms with Crippen molar-refractivity contribution in [3.05, 3.63) is 18.0 Å². The first kappa shape index (κ1) is 7.33. The third-order valence-electron chi connectivity index (χ3n) is 1.01. The van der Waals surface area contributed by atoms with Crippen LogP contribution in [-0.4, -0.2) is 15.9 Å². The van der Waals surface area contributed by atoms with Gasteiger partial charge in [-0.15, -0.1) is 0 Å². The Morgan fingerprint density at radius 1 is 1.82 bits per heavy atom. The largest absolute Gasteiger partial charge is 0.545 e. The Labute approximate surface area is 62.6 Å². The number of aliphatic carboxylic acids is 1. The summed E-state index contributed by atoms with van der Waals surface area (Å²) >= 11 is 0. The molecule has 3 N–H and O–H groups in total. The van der Waals surface area contributed by atoms with Gasteiger partial charge < -0.3 is 20.6 Å². The van der Waals surface area contributed by atoms with Crippen LogP contribution in [0, 0.1) is 0 Å². The molecule has 1 aromatic rings. The van der Waals surface area contributed by atoms with E-state index in [0.717, 1.165) is 6.08 Å². The van der Waals surface area contributed by atoms with E-state index in [-0.39, 0.29) is 5.95 Å². The van der Waals surface area contributed by atoms with Crippen LogP contribution in [0.15, 0.2) is 12.3 Å². The lowest BCUT2D eigenvalue weighted by Gasteiger charge is -1.88. The van der Waals surface area contributed by atoms with Gasteiger partial charge in [0.1, 0.15) is 0 Å². The average Bonchev–Trinajstić information content (AvgIpc) is 2.31. The number of carboxylic acid groups (broad SMARTS) is 1. The topological polar surface area (TPSA) is 94.8 Å². The number of carbonyl (C=O) groups excluding carboxylic acids is 1. The molecule has 0 amide bonds. The number of imidazole rings is 1. The summed E-state index contributed by atoms with van der Waals surface area (Å²) in [5, 5.41) is 9.92. The van der Waals surface area contributed by atoms with E-state index in [2.05, 4.69) is 9.97 Å². The smallest absolute Gasteiger partial charge is 0.197 e. The average molecular weight is 152 g/mol. The van der Waals surface area contributed by atoms with Crippen molar-refractivity contribution in [3.8, 4) is 0 Å². The van der Waals surface area contributed by atoms with Crippen LogP contribution in [0.2, 0.25) is 0 Å². The first-order valence-electron chi connectivity index (χ1n) is 2.88. The molecule has 11 heavy (non-hydrogen) atoms. The van der Waals surface area contributed by atoms with Gasteiger partial charge in [-0.3, -0.25) is 0 Å². The monoisotopic (exact) mass is 152 g/mol. The van der Waals surface area contributed by atoms with E-state index in [1.54, 1.807) is 0 Å². The molecule has 1 rings (SSSR count). The summed E-state index contributed by atoms with van der Waals surface area (Å²) in [6.07, 6.45) is 3.64. The van der Waals surface area contributed by atoms with Gasteiger partial charge >= 0.3 is 0 Å². The Morgan fingerprint density at radius 2 is 2.55 bits per heavy atom. The molecular formula is C6H6N3O2-. The Morgan fingerprint density at radius 3 is 3.00 bits per heavy atom. The minimum atomic E-state index is -1.25. The van der Waals surface area contributed by atoms with Gasteiger partial charge in [0.25, 0.3) is 0 Å². The maximum Gasteiger partial charge on any atom is 0.197 e. The zero-order chi connectivity index (χ0) is 8.27. The Kier molecular flexibility index (Phi) is 1.91. The summed E-state index contributed by atoms with van der Waals surface area (Å²) in [5.74, 6) is -0.999. The Hall–Kier alpha value is -1.78. The second-order valence-electron chi connectivity index (χ2n) is 1.88. The summed E-state index contributed by atoms with van der Waals surface area (Å²) in [6.45, 7) is 0. The van der Waals surface area contributed by atoms with Crippen LogP contribution >= 0.6 is 0 Å². The number of carboxylic acids is 1. The van der Waals surface area contributed by atoms with Gasteiger partial charge in [-0.2, -0.15) is 0 Å². The van der Waals surface area contributed by atoms with Gasteiger partial charge in [0, 0.05) is 0 Å². The van der Waals surface area contributed by atoms with Gasteiger partial charge in [0.2, 0.25) is 0 Å². The maximum absolute atomic E-state index is 9.92. The summed E-state index contributed by atoms with van der Waals surface area (Å²) in [6, 6.07) is 0. The number of hydrogen-bond acceptors (Lipinski definition) is 4. The maximum atomic E-state index is 9.92. The highest BCUT2D eigenvalue weighted by Crippen LogP contribution is 1.98. The zero-order valence-corrected chi connectivity index (χ0v) is 5.57. The zero-order valence-electron chi connectivity index (χ0n) is 5.57. The highest BCUT2D eigenvalue weighted by atomic mass is 16.4. The van der Waals surface area contributed by atoms with Crippen LogP contribution in [0.1, 0.15) is 5.69 Å². The van der Waals surface area contributed by atoms with E-state index < -0.39 is 5.97 Å². The highest BCUT2D eigenvalue weighted by Gasteiger charge is 1.89. The van der Waals surface area contributed by atoms with Crippen molar-refractivity contribution in [3.63, 3.8) is 0 Å². The Balaban J connectivity index is 2.71. The number of aromatic amines is 1. The first-order chi connectivity index (χ1) is 5.18. The summed E-state index contributed by atoms with van der Waals surface area (Å²) in [4.78, 5) is 16.2. The van der Waals surface area contributed by atoms with E-state index >= 15 is 0 Å². The molecule has 0 saturated carbocycles. The molecule has 0 aliphatic heterocycles. The van der Waals surface area contributed by atoms with Crippen LogP contribution in [0.4, 0.5) is 5.95 Å². The number of rotatable bonds is 2. The number of aromatic nitrogens is 2. The summed E-state index contributed by atoms with van der Waals surface area (Å²) in [5.41, 5.74) is 5.76. The third-order valence-corrected chi connectivity index (χ3v) is 1.01. The third kappa shape index (κ3) is 2.13. The molecule has 0 radical (unpaired) electrons. The van der Waals surface area contributed by atoms with Crippen LogP contribution in [0.25, 0.3) is 6.08 Å². The molecular weight excluding hydrogens is 146 g/mol. The standard InChI is InChI=1S/C6H7N3O2/c7-6-8-3-4(9-6)1-2-5(10)11/h1-3H,(H,10,11)(H3,7,8,9)/p-1/b2-1+. The number of anilines is 1. The number of nitrogen functional groups attached to an aromatic ring is 1. The molecule has 0 spiro atoms. The number of nitrogens with zero attached hydrogens (tertiary/aromatic N) is 1. The van der Waals surface area contributed by atoms with Gasteiger partial charge in [0.05, 0.1) is 17.9 Å². The van der Waals surface area contributed by atoms with Gasteiger partial charge in [-0.05, 0) is 12.2 Å². The molecule has 1 aromatic heterocycles. The van der Waals surface area contributed by atoms with Gasteiger partial charge in [-0.1, -0.05) is 0 Å². The lowest BCUT2D eigenvalue weighted by atomic mass is 10.4. The van der Waals surface area contributed by atoms with E-state index in [1.807, 2.05) is 0 Å². The van der Waals surface area contributed by atoms with E-state index in [1.165, 1.54) is 12.3 Å². The SMILES string of the molecule is Nc1ncc(/C=C/C(=O)[O-])[nH]1. The van der Waals surface area contributed by atoms with Crippen molar-refractivity contribution in [2.24, 2.45) is 0 Å². The quantitative estimate of drug-likeness (QED) is 0.518. The molecule has 0 atom stereocenters. The Bertz CT molecular complexity index is 290. The molecule has 0 aliphatic rings. The van der Waals surface area contributed by atoms with Crippen LogP contribution < -0.4 is 10.8 Å². The van der Waals surface area contributed by atoms with Crippen molar-refractivity contribution < 1.29 is 9.90 Å². The van der Waals surface area contributed by atoms with Crippen molar-refractivity contribution >= 4 is 18.0 Å². The highest BCUT2D eigenvalue weighted by molar-refractivity contribution is 5.83. The van der Waals surface area contributed by atoms with Crippen molar-refractivity contribution in [1.29, 1.82) is 0 Å². The minimum absolute atomic E-state index is 0.253. The molecule has 0 bridgehead atoms. The van der Waals surface area contributed by atoms with Gasteiger partial charge in [0.15, 0.2) is 5.95 Å². The van der Waals surface area contributed by atoms with Crippen LogP contribution in [0.3, 0.4) is 0 Å². The number of hydrogen-bond donors (Lipinski definition) is 2. The fourth-order valence-corrected chi connectivity index (χ4v) is 0.594. The molecule has 0 aromatic carbocycles. The predicted octanol–water partition coefficient (Wildman–Crippen LogP) is -1.25. The lowest BCUT2D eigenvalue weighted by Crippen LogP contribution is -2.18. The molecule has 0 unspecified atom stereocenters. The van der Waals surface area contributed by atoms with Crippen molar-refractivity contribution in [2.75, 3.05) is 5.73 Å². The summed E-state index contributed by atoms with van der Waals surface area (Å²) in [7, 11) is 0. The van der Waals surface area contributed by atoms with Crippen LogP contribution in [0.5, 0.6) is 0 Å². The fourth-order valence-electron chi connectivity index (χ4n) is 0.594. The molecule has 0 saturated heterocycles. The fraction of sp³-hybridized carbons (Fsp3) is 0. The van der Waals surface area contributed by atoms with Crippen LogP contribution in [-0.2, 0) is 4.79 Å². The molecule has 5 heteroatoms. The minimum Gasteiger partial charge on any atom is -0.545 e. The number of carbonyl (C=O) groups is 1. The summed E-state index contributed by atoms with van der Waals surface area (Å²) < 4.78 is 0. The van der Waals surface area contributed by atoms with E-state index in [4.69, 9.17) is 5.73 Å². The molecule has 5 nitrogen and oxygen atoms in total. The second kappa shape index (κ2) is 2.87. The number of H-pyrrole nitrogens is 1. The van der Waals surface area contributed by atoms with Crippen molar-refractivity contribution in [1.82, 2.24) is 9.97 Å². The number of nitrogens with one attached hydrogen (secondary N) is 1. The van der Waals surface area contributed by atoms with Gasteiger partial charge in [-0.25, -0.2) is 4.98 Å². The molecule has 1 heterocycles. The van der Waals surface area contributed by atoms with E-state index in [9.17, 15) is 9.90 Å². The van der Waals surface area contributed by atoms with E-state index in [0.29, 0.717) is 5.69 Å². The normalized spacial score (nSPS) is 10.5. The first-order valence-corrected chi connectivity index (χ1v) is 2.88. The molecule has 58 valence electrons. The number of nitrogens with two attached hydrogens (primary N) is 1. The second-order valence-corrected chi connectivity index (χ2v) is 1.88. The predicted molar refractivity (Wildman–Crippen MR) is 37.0 cm³/mol. The molecule has 0 aliphatic carbocycles. The van der Waals surface area contributed by atoms with Crippen molar-refractivity contribution in [2.45, 2.75) is 0 Å².